The number of rotatable bonds is 6. The number of thiophene rings is 1. The second-order valence-electron chi connectivity index (χ2n) is 8.13. The minimum Gasteiger partial charge on any atom is -0.372 e. The fraction of sp³-hybridized carbons (Fsp3) is 0.231. The maximum atomic E-state index is 13.3. The molecular weight excluding hydrogens is 418 g/mol. The summed E-state index contributed by atoms with van der Waals surface area (Å²) in [6, 6.07) is 21.5. The van der Waals surface area contributed by atoms with Gasteiger partial charge >= 0.3 is 0 Å². The molecule has 5 rings (SSSR count). The number of amides is 2. The van der Waals surface area contributed by atoms with Crippen LogP contribution in [-0.2, 0) is 16.1 Å². The first-order valence-corrected chi connectivity index (χ1v) is 11.9. The van der Waals surface area contributed by atoms with Crippen LogP contribution in [-0.4, -0.2) is 29.8 Å². The molecule has 0 unspecified atom stereocenters. The first kappa shape index (κ1) is 20.5. The van der Waals surface area contributed by atoms with Crippen molar-refractivity contribution in [1.29, 1.82) is 0 Å². The summed E-state index contributed by atoms with van der Waals surface area (Å²) in [6.07, 6.45) is 3.75. The molecule has 2 amide bonds. The van der Waals surface area contributed by atoms with Gasteiger partial charge in [-0.25, -0.2) is 0 Å². The summed E-state index contributed by atoms with van der Waals surface area (Å²) < 4.78 is 0. The van der Waals surface area contributed by atoms with Gasteiger partial charge < -0.3 is 10.2 Å². The monoisotopic (exact) mass is 443 g/mol. The van der Waals surface area contributed by atoms with Gasteiger partial charge in [0.1, 0.15) is 5.70 Å². The zero-order valence-electron chi connectivity index (χ0n) is 17.8. The van der Waals surface area contributed by atoms with E-state index < -0.39 is 0 Å². The highest BCUT2D eigenvalue weighted by Gasteiger charge is 2.39. The normalized spacial score (nSPS) is 16.8. The summed E-state index contributed by atoms with van der Waals surface area (Å²) in [5, 5.41) is 5.18. The molecule has 1 aromatic heterocycles. The molecule has 3 aromatic rings. The molecule has 2 aromatic carbocycles. The molecular formula is C26H25N3O2S. The van der Waals surface area contributed by atoms with Gasteiger partial charge in [0.2, 0.25) is 0 Å². The molecule has 3 heterocycles. The van der Waals surface area contributed by atoms with Crippen LogP contribution in [0.15, 0.2) is 77.8 Å². The highest BCUT2D eigenvalue weighted by atomic mass is 32.1. The van der Waals surface area contributed by atoms with Crippen molar-refractivity contribution in [2.75, 3.05) is 23.3 Å². The van der Waals surface area contributed by atoms with Gasteiger partial charge in [-0.05, 0) is 60.5 Å². The average Bonchev–Trinajstić information content (AvgIpc) is 3.44. The van der Waals surface area contributed by atoms with E-state index in [-0.39, 0.29) is 18.4 Å². The Morgan fingerprint density at radius 1 is 0.812 bits per heavy atom. The Morgan fingerprint density at radius 3 is 2.25 bits per heavy atom. The van der Waals surface area contributed by atoms with Crippen LogP contribution in [0, 0.1) is 0 Å². The van der Waals surface area contributed by atoms with Gasteiger partial charge in [-0.15, -0.1) is 11.3 Å². The van der Waals surface area contributed by atoms with E-state index >= 15 is 0 Å². The lowest BCUT2D eigenvalue weighted by molar-refractivity contribution is -0.137. The lowest BCUT2D eigenvalue weighted by Crippen LogP contribution is -2.32. The molecule has 162 valence electrons. The Kier molecular flexibility index (Phi) is 5.77. The quantitative estimate of drug-likeness (QED) is 0.537. The van der Waals surface area contributed by atoms with Crippen LogP contribution in [0.1, 0.15) is 29.7 Å². The molecule has 1 saturated heterocycles. The van der Waals surface area contributed by atoms with Gasteiger partial charge in [-0.2, -0.15) is 0 Å². The Labute approximate surface area is 192 Å². The smallest absolute Gasteiger partial charge is 0.278 e. The van der Waals surface area contributed by atoms with E-state index in [1.165, 1.54) is 41.2 Å². The number of benzene rings is 2. The fourth-order valence-electron chi connectivity index (χ4n) is 4.30. The standard InChI is InChI=1S/C26H25N3O2S/c30-25-23(22-10-7-17-32-22)24(26(31)29(25)18-19-8-3-1-4-9-19)27-20-11-13-21(14-12-20)28-15-5-2-6-16-28/h1,3-4,7-14,17,27H,2,5-6,15-16,18H2. The van der Waals surface area contributed by atoms with E-state index in [4.69, 9.17) is 0 Å². The highest BCUT2D eigenvalue weighted by molar-refractivity contribution is 7.11. The zero-order chi connectivity index (χ0) is 21.9. The number of carbonyl (C=O) groups is 2. The van der Waals surface area contributed by atoms with Crippen molar-refractivity contribution in [2.45, 2.75) is 25.8 Å². The molecule has 5 nitrogen and oxygen atoms in total. The van der Waals surface area contributed by atoms with Gasteiger partial charge in [0.05, 0.1) is 12.1 Å². The number of hydrogen-bond acceptors (Lipinski definition) is 5. The number of nitrogens with one attached hydrogen (secondary N) is 1. The van der Waals surface area contributed by atoms with Crippen LogP contribution in [0.4, 0.5) is 11.4 Å². The van der Waals surface area contributed by atoms with Crippen molar-refractivity contribution in [1.82, 2.24) is 4.90 Å². The maximum Gasteiger partial charge on any atom is 0.278 e. The molecule has 0 bridgehead atoms. The lowest BCUT2D eigenvalue weighted by Gasteiger charge is -2.28. The van der Waals surface area contributed by atoms with E-state index in [2.05, 4.69) is 22.3 Å². The van der Waals surface area contributed by atoms with Crippen molar-refractivity contribution >= 4 is 40.1 Å². The summed E-state index contributed by atoms with van der Waals surface area (Å²) in [7, 11) is 0. The second kappa shape index (κ2) is 9.01. The van der Waals surface area contributed by atoms with Crippen LogP contribution >= 0.6 is 11.3 Å². The number of hydrogen-bond donors (Lipinski definition) is 1. The van der Waals surface area contributed by atoms with E-state index in [0.717, 1.165) is 29.2 Å². The third-order valence-electron chi connectivity index (χ3n) is 5.98. The summed E-state index contributed by atoms with van der Waals surface area (Å²) in [6.45, 7) is 2.43. The van der Waals surface area contributed by atoms with Crippen LogP contribution in [0.2, 0.25) is 0 Å². The summed E-state index contributed by atoms with van der Waals surface area (Å²) >= 11 is 1.47. The predicted octanol–water partition coefficient (Wildman–Crippen LogP) is 5.13. The Morgan fingerprint density at radius 2 is 1.56 bits per heavy atom. The van der Waals surface area contributed by atoms with Crippen molar-refractivity contribution < 1.29 is 9.59 Å². The maximum absolute atomic E-state index is 13.3. The largest absolute Gasteiger partial charge is 0.372 e. The first-order valence-electron chi connectivity index (χ1n) is 11.0. The highest BCUT2D eigenvalue weighted by Crippen LogP contribution is 2.34. The summed E-state index contributed by atoms with van der Waals surface area (Å²) in [5.74, 6) is -0.545. The van der Waals surface area contributed by atoms with Gasteiger partial charge in [0, 0.05) is 29.3 Å². The Hall–Kier alpha value is -3.38. The molecule has 2 aliphatic heterocycles. The molecule has 6 heteroatoms. The van der Waals surface area contributed by atoms with Gasteiger partial charge in [-0.1, -0.05) is 36.4 Å². The average molecular weight is 444 g/mol. The number of piperidine rings is 1. The predicted molar refractivity (Wildman–Crippen MR) is 129 cm³/mol. The summed E-state index contributed by atoms with van der Waals surface area (Å²) in [5.41, 5.74) is 3.71. The molecule has 1 fully saturated rings. The third kappa shape index (κ3) is 4.06. The molecule has 0 atom stereocenters. The molecule has 1 N–H and O–H groups in total. The van der Waals surface area contributed by atoms with Crippen LogP contribution < -0.4 is 10.2 Å². The van der Waals surface area contributed by atoms with Gasteiger partial charge in [-0.3, -0.25) is 14.5 Å². The number of carbonyl (C=O) groups excluding carboxylic acids is 2. The topological polar surface area (TPSA) is 52.7 Å². The van der Waals surface area contributed by atoms with E-state index in [0.29, 0.717) is 11.3 Å². The third-order valence-corrected chi connectivity index (χ3v) is 6.86. The van der Waals surface area contributed by atoms with Gasteiger partial charge in [0.25, 0.3) is 11.8 Å². The van der Waals surface area contributed by atoms with Crippen molar-refractivity contribution in [3.8, 4) is 0 Å². The Bertz CT molecular complexity index is 1130. The summed E-state index contributed by atoms with van der Waals surface area (Å²) in [4.78, 5) is 31.1. The second-order valence-corrected chi connectivity index (χ2v) is 9.08. The van der Waals surface area contributed by atoms with E-state index in [1.807, 2.05) is 60.0 Å². The van der Waals surface area contributed by atoms with Crippen LogP contribution in [0.3, 0.4) is 0 Å². The molecule has 0 spiro atoms. The minimum atomic E-state index is -0.289. The zero-order valence-corrected chi connectivity index (χ0v) is 18.6. The molecule has 0 aliphatic carbocycles. The van der Waals surface area contributed by atoms with E-state index in [1.54, 1.807) is 0 Å². The molecule has 0 radical (unpaired) electrons. The molecule has 2 aliphatic rings. The Balaban J connectivity index is 1.42. The minimum absolute atomic E-state index is 0.256. The van der Waals surface area contributed by atoms with E-state index in [9.17, 15) is 9.59 Å². The van der Waals surface area contributed by atoms with Crippen molar-refractivity contribution in [2.24, 2.45) is 0 Å². The van der Waals surface area contributed by atoms with Crippen molar-refractivity contribution in [3.05, 3.63) is 88.2 Å². The number of anilines is 2. The SMILES string of the molecule is O=C1C(Nc2ccc(N3CCCCC3)cc2)=C(c2cccs2)C(=O)N1Cc1ccccc1. The number of imide groups is 1. The van der Waals surface area contributed by atoms with Crippen molar-refractivity contribution in [3.63, 3.8) is 0 Å². The van der Waals surface area contributed by atoms with Crippen LogP contribution in [0.25, 0.3) is 5.57 Å². The number of nitrogens with zero attached hydrogens (tertiary/aromatic N) is 2. The fourth-order valence-corrected chi connectivity index (χ4v) is 5.07. The van der Waals surface area contributed by atoms with Gasteiger partial charge in [0.15, 0.2) is 0 Å². The van der Waals surface area contributed by atoms with Crippen LogP contribution in [0.5, 0.6) is 0 Å². The first-order chi connectivity index (χ1) is 15.7. The molecule has 32 heavy (non-hydrogen) atoms. The lowest BCUT2D eigenvalue weighted by atomic mass is 10.1. The molecule has 0 saturated carbocycles.